The van der Waals surface area contributed by atoms with E-state index in [9.17, 15) is 0 Å². The molecule has 1 fully saturated rings. The van der Waals surface area contributed by atoms with E-state index in [4.69, 9.17) is 15.2 Å². The second kappa shape index (κ2) is 3.37. The number of rotatable bonds is 1. The highest BCUT2D eigenvalue weighted by Gasteiger charge is 2.37. The Morgan fingerprint density at radius 1 is 1.38 bits per heavy atom. The summed E-state index contributed by atoms with van der Waals surface area (Å²) in [5.41, 5.74) is 8.57. The predicted molar refractivity (Wildman–Crippen MR) is 64.7 cm³/mol. The van der Waals surface area contributed by atoms with E-state index in [1.165, 1.54) is 17.5 Å². The lowest BCUT2D eigenvalue weighted by Gasteiger charge is -2.40. The van der Waals surface area contributed by atoms with E-state index in [0.717, 1.165) is 28.8 Å². The molecule has 16 heavy (non-hydrogen) atoms. The summed E-state index contributed by atoms with van der Waals surface area (Å²) in [5, 5.41) is 0. The third kappa shape index (κ3) is 1.29. The molecule has 3 rings (SSSR count). The summed E-state index contributed by atoms with van der Waals surface area (Å²) in [6, 6.07) is 2.04. The first kappa shape index (κ1) is 10.4. The lowest BCUT2D eigenvalue weighted by Crippen LogP contribution is -2.43. The van der Waals surface area contributed by atoms with Crippen LogP contribution in [0.15, 0.2) is 10.5 Å². The van der Waals surface area contributed by atoms with Crippen molar-refractivity contribution in [3.05, 3.63) is 21.7 Å². The Morgan fingerprint density at radius 3 is 2.75 bits per heavy atom. The Bertz CT molecular complexity index is 455. The minimum atomic E-state index is -0.159. The highest BCUT2D eigenvalue weighted by atomic mass is 79.9. The van der Waals surface area contributed by atoms with E-state index >= 15 is 0 Å². The largest absolute Gasteiger partial charge is 0.454 e. The van der Waals surface area contributed by atoms with Crippen LogP contribution in [0.25, 0.3) is 0 Å². The number of ether oxygens (including phenoxy) is 2. The molecule has 0 spiro atoms. The van der Waals surface area contributed by atoms with Gasteiger partial charge in [-0.1, -0.05) is 0 Å². The van der Waals surface area contributed by atoms with Gasteiger partial charge in [0, 0.05) is 5.54 Å². The van der Waals surface area contributed by atoms with Crippen molar-refractivity contribution in [2.45, 2.75) is 31.7 Å². The predicted octanol–water partition coefficient (Wildman–Crippen LogP) is 2.82. The number of fused-ring (bicyclic) bond motifs is 1. The Balaban J connectivity index is 2.16. The average Bonchev–Trinajstić information content (AvgIpc) is 2.68. The second-order valence-electron chi connectivity index (χ2n) is 4.61. The SMILES string of the molecule is Cc1c(C2(N)CCC2)cc2c(c1Br)OCO2. The van der Waals surface area contributed by atoms with E-state index in [0.29, 0.717) is 6.79 Å². The number of hydrogen-bond acceptors (Lipinski definition) is 3. The van der Waals surface area contributed by atoms with E-state index < -0.39 is 0 Å². The molecular formula is C12H14BrNO2. The van der Waals surface area contributed by atoms with Crippen molar-refractivity contribution in [3.8, 4) is 11.5 Å². The van der Waals surface area contributed by atoms with Crippen LogP contribution in [-0.2, 0) is 5.54 Å². The van der Waals surface area contributed by atoms with Crippen LogP contribution in [0.1, 0.15) is 30.4 Å². The van der Waals surface area contributed by atoms with Gasteiger partial charge in [-0.25, -0.2) is 0 Å². The van der Waals surface area contributed by atoms with Gasteiger partial charge in [0.25, 0.3) is 0 Å². The number of benzene rings is 1. The van der Waals surface area contributed by atoms with Crippen LogP contribution in [0.3, 0.4) is 0 Å². The maximum absolute atomic E-state index is 6.37. The average molecular weight is 284 g/mol. The molecule has 0 aromatic heterocycles. The minimum Gasteiger partial charge on any atom is -0.454 e. The van der Waals surface area contributed by atoms with Crippen molar-refractivity contribution in [2.24, 2.45) is 5.73 Å². The molecular weight excluding hydrogens is 270 g/mol. The smallest absolute Gasteiger partial charge is 0.231 e. The second-order valence-corrected chi connectivity index (χ2v) is 5.40. The van der Waals surface area contributed by atoms with E-state index in [-0.39, 0.29) is 5.54 Å². The summed E-state index contributed by atoms with van der Waals surface area (Å²) in [4.78, 5) is 0. The van der Waals surface area contributed by atoms with Gasteiger partial charge in [-0.3, -0.25) is 0 Å². The van der Waals surface area contributed by atoms with Crippen molar-refractivity contribution in [2.75, 3.05) is 6.79 Å². The normalized spacial score (nSPS) is 20.7. The maximum Gasteiger partial charge on any atom is 0.231 e. The molecule has 4 heteroatoms. The van der Waals surface area contributed by atoms with Gasteiger partial charge < -0.3 is 15.2 Å². The summed E-state index contributed by atoms with van der Waals surface area (Å²) in [6.07, 6.45) is 3.32. The highest BCUT2D eigenvalue weighted by molar-refractivity contribution is 9.10. The first-order valence-corrected chi connectivity index (χ1v) is 6.29. The Kier molecular flexibility index (Phi) is 2.20. The first-order valence-electron chi connectivity index (χ1n) is 5.50. The van der Waals surface area contributed by atoms with Crippen LogP contribution in [0.5, 0.6) is 11.5 Å². The van der Waals surface area contributed by atoms with Crippen molar-refractivity contribution >= 4 is 15.9 Å². The van der Waals surface area contributed by atoms with Gasteiger partial charge in [0.2, 0.25) is 6.79 Å². The topological polar surface area (TPSA) is 44.5 Å². The first-order chi connectivity index (χ1) is 7.62. The van der Waals surface area contributed by atoms with Crippen LogP contribution < -0.4 is 15.2 Å². The molecule has 0 atom stereocenters. The van der Waals surface area contributed by atoms with Gasteiger partial charge in [-0.15, -0.1) is 0 Å². The van der Waals surface area contributed by atoms with Gasteiger partial charge in [-0.2, -0.15) is 0 Å². The third-order valence-electron chi connectivity index (χ3n) is 3.63. The van der Waals surface area contributed by atoms with Gasteiger partial charge in [-0.05, 0) is 59.3 Å². The molecule has 0 bridgehead atoms. The van der Waals surface area contributed by atoms with Gasteiger partial charge in [0.15, 0.2) is 11.5 Å². The lowest BCUT2D eigenvalue weighted by atomic mass is 9.71. The summed E-state index contributed by atoms with van der Waals surface area (Å²) >= 11 is 3.57. The monoisotopic (exact) mass is 283 g/mol. The zero-order valence-electron chi connectivity index (χ0n) is 9.18. The maximum atomic E-state index is 6.37. The molecule has 86 valence electrons. The zero-order valence-corrected chi connectivity index (χ0v) is 10.8. The lowest BCUT2D eigenvalue weighted by molar-refractivity contribution is 0.173. The van der Waals surface area contributed by atoms with Crippen molar-refractivity contribution in [1.29, 1.82) is 0 Å². The van der Waals surface area contributed by atoms with Gasteiger partial charge in [0.1, 0.15) is 0 Å². The molecule has 1 aromatic rings. The standard InChI is InChI=1S/C12H14BrNO2/c1-7-8(12(14)3-2-4-12)5-9-11(10(7)13)16-6-15-9/h5H,2-4,6,14H2,1H3. The summed E-state index contributed by atoms with van der Waals surface area (Å²) < 4.78 is 11.8. The quantitative estimate of drug-likeness (QED) is 0.862. The summed E-state index contributed by atoms with van der Waals surface area (Å²) in [7, 11) is 0. The van der Waals surface area contributed by atoms with Crippen LogP contribution in [0.4, 0.5) is 0 Å². The van der Waals surface area contributed by atoms with Crippen LogP contribution in [0, 0.1) is 6.92 Å². The molecule has 1 saturated carbocycles. The summed E-state index contributed by atoms with van der Waals surface area (Å²) in [5.74, 6) is 1.62. The number of nitrogens with two attached hydrogens (primary N) is 1. The molecule has 1 aliphatic heterocycles. The van der Waals surface area contributed by atoms with Gasteiger partial charge in [0.05, 0.1) is 4.47 Å². The van der Waals surface area contributed by atoms with Gasteiger partial charge >= 0.3 is 0 Å². The third-order valence-corrected chi connectivity index (χ3v) is 4.59. The van der Waals surface area contributed by atoms with Crippen molar-refractivity contribution in [1.82, 2.24) is 0 Å². The van der Waals surface area contributed by atoms with Crippen molar-refractivity contribution in [3.63, 3.8) is 0 Å². The van der Waals surface area contributed by atoms with Crippen molar-refractivity contribution < 1.29 is 9.47 Å². The van der Waals surface area contributed by atoms with E-state index in [2.05, 4.69) is 22.9 Å². The van der Waals surface area contributed by atoms with Crippen LogP contribution >= 0.6 is 15.9 Å². The zero-order chi connectivity index (χ0) is 11.3. The molecule has 0 radical (unpaired) electrons. The minimum absolute atomic E-state index is 0.159. The van der Waals surface area contributed by atoms with E-state index in [1.807, 2.05) is 6.07 Å². The summed E-state index contributed by atoms with van der Waals surface area (Å²) in [6.45, 7) is 2.38. The molecule has 0 amide bonds. The molecule has 2 N–H and O–H groups in total. The Hall–Kier alpha value is -0.740. The molecule has 3 nitrogen and oxygen atoms in total. The molecule has 1 aliphatic carbocycles. The number of hydrogen-bond donors (Lipinski definition) is 1. The molecule has 0 unspecified atom stereocenters. The Labute approximate surface area is 103 Å². The van der Waals surface area contributed by atoms with E-state index in [1.54, 1.807) is 0 Å². The fraction of sp³-hybridized carbons (Fsp3) is 0.500. The molecule has 1 aromatic carbocycles. The van der Waals surface area contributed by atoms with Crippen LogP contribution in [0.2, 0.25) is 0 Å². The van der Waals surface area contributed by atoms with Crippen LogP contribution in [-0.4, -0.2) is 6.79 Å². The highest BCUT2D eigenvalue weighted by Crippen LogP contribution is 2.48. The Morgan fingerprint density at radius 2 is 2.12 bits per heavy atom. The molecule has 2 aliphatic rings. The molecule has 1 heterocycles. The molecule has 0 saturated heterocycles. The number of halogens is 1. The fourth-order valence-electron chi connectivity index (χ4n) is 2.44. The fourth-order valence-corrected chi connectivity index (χ4v) is 2.96.